The molecule has 1 aliphatic rings. The summed E-state index contributed by atoms with van der Waals surface area (Å²) in [6.07, 6.45) is 2.49. The van der Waals surface area contributed by atoms with Crippen LogP contribution in [0.4, 0.5) is 0 Å². The fourth-order valence-electron chi connectivity index (χ4n) is 1.37. The average molecular weight is 281 g/mol. The van der Waals surface area contributed by atoms with Crippen molar-refractivity contribution < 1.29 is 8.42 Å². The van der Waals surface area contributed by atoms with Crippen molar-refractivity contribution in [2.75, 3.05) is 0 Å². The molecule has 0 bridgehead atoms. The van der Waals surface area contributed by atoms with Gasteiger partial charge in [-0.15, -0.1) is 4.40 Å². The van der Waals surface area contributed by atoms with Crippen molar-refractivity contribution in [1.29, 1.82) is 0 Å². The molecule has 6 heteroatoms. The zero-order valence-corrected chi connectivity index (χ0v) is 11.8. The fraction of sp³-hybridized carbons (Fsp3) is 0.250. The van der Waals surface area contributed by atoms with E-state index in [0.717, 1.165) is 16.9 Å². The second-order valence-electron chi connectivity index (χ2n) is 3.84. The molecule has 0 saturated heterocycles. The van der Waals surface area contributed by atoms with E-state index in [9.17, 15) is 8.42 Å². The zero-order valence-electron chi connectivity index (χ0n) is 10.1. The van der Waals surface area contributed by atoms with Crippen molar-refractivity contribution in [3.05, 3.63) is 40.9 Å². The van der Waals surface area contributed by atoms with Crippen LogP contribution in [0.1, 0.15) is 18.9 Å². The first-order chi connectivity index (χ1) is 8.51. The molecule has 4 nitrogen and oxygen atoms in total. The Balaban J connectivity index is 2.23. The lowest BCUT2D eigenvalue weighted by Crippen LogP contribution is -2.05. The zero-order chi connectivity index (χ0) is 13.2. The van der Waals surface area contributed by atoms with Crippen LogP contribution in [0.15, 0.2) is 44.7 Å². The SMILES string of the molecule is CCC1=C[N]C(=NS(=O)(=O)c2ccc(C)cc2)S1. The third kappa shape index (κ3) is 2.94. The van der Waals surface area contributed by atoms with Crippen molar-refractivity contribution in [3.63, 3.8) is 0 Å². The summed E-state index contributed by atoms with van der Waals surface area (Å²) in [6.45, 7) is 3.90. The molecular formula is C12H13N2O2S2. The summed E-state index contributed by atoms with van der Waals surface area (Å²) >= 11 is 1.30. The van der Waals surface area contributed by atoms with Crippen molar-refractivity contribution in [2.24, 2.45) is 4.40 Å². The molecule has 95 valence electrons. The Bertz CT molecular complexity index is 601. The van der Waals surface area contributed by atoms with Gasteiger partial charge in [0.05, 0.1) is 4.90 Å². The molecule has 18 heavy (non-hydrogen) atoms. The van der Waals surface area contributed by atoms with Crippen molar-refractivity contribution in [3.8, 4) is 0 Å². The summed E-state index contributed by atoms with van der Waals surface area (Å²) < 4.78 is 27.8. The van der Waals surface area contributed by atoms with E-state index in [-0.39, 0.29) is 10.1 Å². The molecule has 0 saturated carbocycles. The molecule has 0 fully saturated rings. The number of hydrogen-bond donors (Lipinski definition) is 0. The predicted octanol–water partition coefficient (Wildman–Crippen LogP) is 2.64. The van der Waals surface area contributed by atoms with Gasteiger partial charge in [-0.05, 0) is 25.5 Å². The van der Waals surface area contributed by atoms with E-state index in [1.54, 1.807) is 30.5 Å². The number of rotatable bonds is 3. The van der Waals surface area contributed by atoms with Gasteiger partial charge in [0, 0.05) is 11.1 Å². The number of hydrogen-bond acceptors (Lipinski definition) is 3. The van der Waals surface area contributed by atoms with E-state index < -0.39 is 10.0 Å². The highest BCUT2D eigenvalue weighted by Crippen LogP contribution is 2.26. The van der Waals surface area contributed by atoms with Crippen LogP contribution in [-0.2, 0) is 10.0 Å². The van der Waals surface area contributed by atoms with Crippen LogP contribution >= 0.6 is 11.8 Å². The standard InChI is InChI=1S/C12H13N2O2S2/c1-3-10-8-13-12(17-10)14-18(15,16)11-6-4-9(2)5-7-11/h4-8H,3H2,1-2H3. The van der Waals surface area contributed by atoms with E-state index >= 15 is 0 Å². The molecule has 0 aliphatic carbocycles. The lowest BCUT2D eigenvalue weighted by Gasteiger charge is -2.00. The third-order valence-electron chi connectivity index (χ3n) is 2.41. The highest BCUT2D eigenvalue weighted by molar-refractivity contribution is 8.18. The molecule has 0 spiro atoms. The van der Waals surface area contributed by atoms with Crippen molar-refractivity contribution >= 4 is 27.0 Å². The summed E-state index contributed by atoms with van der Waals surface area (Å²) in [5.41, 5.74) is 1.01. The van der Waals surface area contributed by atoms with Crippen LogP contribution in [0.25, 0.3) is 0 Å². The predicted molar refractivity (Wildman–Crippen MR) is 73.9 cm³/mol. The van der Waals surface area contributed by atoms with E-state index in [1.807, 2.05) is 13.8 Å². The maximum Gasteiger partial charge on any atom is 0.284 e. The van der Waals surface area contributed by atoms with Gasteiger partial charge < -0.3 is 0 Å². The molecule has 1 aromatic rings. The minimum Gasteiger partial charge on any atom is -0.229 e. The first-order valence-corrected chi connectivity index (χ1v) is 7.76. The van der Waals surface area contributed by atoms with Gasteiger partial charge in [-0.25, -0.2) is 5.32 Å². The number of benzene rings is 1. The van der Waals surface area contributed by atoms with Gasteiger partial charge in [-0.1, -0.05) is 36.4 Å². The fourth-order valence-corrected chi connectivity index (χ4v) is 3.24. The third-order valence-corrected chi connectivity index (χ3v) is 4.84. The second kappa shape index (κ2) is 5.16. The van der Waals surface area contributed by atoms with Crippen molar-refractivity contribution in [2.45, 2.75) is 25.2 Å². The minimum absolute atomic E-state index is 0.196. The summed E-state index contributed by atoms with van der Waals surface area (Å²) in [5, 5.41) is 4.27. The molecule has 1 aliphatic heterocycles. The van der Waals surface area contributed by atoms with Gasteiger partial charge in [0.25, 0.3) is 10.0 Å². The first kappa shape index (κ1) is 13.2. The molecule has 0 unspecified atom stereocenters. The Kier molecular flexibility index (Phi) is 3.77. The van der Waals surface area contributed by atoms with Crippen molar-refractivity contribution in [1.82, 2.24) is 5.32 Å². The Morgan fingerprint density at radius 3 is 2.50 bits per heavy atom. The molecule has 0 amide bonds. The van der Waals surface area contributed by atoms with Crippen LogP contribution < -0.4 is 5.32 Å². The van der Waals surface area contributed by atoms with E-state index in [4.69, 9.17) is 0 Å². The van der Waals surface area contributed by atoms with E-state index in [0.29, 0.717) is 0 Å². The van der Waals surface area contributed by atoms with Gasteiger partial charge >= 0.3 is 0 Å². The maximum absolute atomic E-state index is 12.0. The van der Waals surface area contributed by atoms with E-state index in [1.165, 1.54) is 11.8 Å². The summed E-state index contributed by atoms with van der Waals surface area (Å²) in [5.74, 6) is 0. The second-order valence-corrected chi connectivity index (χ2v) is 6.54. The molecule has 0 aromatic heterocycles. The summed E-state index contributed by atoms with van der Waals surface area (Å²) in [4.78, 5) is 1.22. The molecule has 1 aromatic carbocycles. The number of thioether (sulfide) groups is 1. The maximum atomic E-state index is 12.0. The van der Waals surface area contributed by atoms with Crippen LogP contribution in [0.5, 0.6) is 0 Å². The van der Waals surface area contributed by atoms with Gasteiger partial charge in [-0.3, -0.25) is 0 Å². The number of nitrogens with zero attached hydrogens (tertiary/aromatic N) is 2. The Labute approximate surface area is 111 Å². The number of sulfonamides is 1. The number of allylic oxidation sites excluding steroid dienone is 1. The molecule has 0 atom stereocenters. The van der Waals surface area contributed by atoms with Crippen LogP contribution in [0, 0.1) is 6.92 Å². The monoisotopic (exact) mass is 281 g/mol. The van der Waals surface area contributed by atoms with E-state index in [2.05, 4.69) is 9.71 Å². The first-order valence-electron chi connectivity index (χ1n) is 5.50. The van der Waals surface area contributed by atoms with Crippen LogP contribution in [-0.4, -0.2) is 13.6 Å². The topological polar surface area (TPSA) is 60.6 Å². The van der Waals surface area contributed by atoms with Gasteiger partial charge in [0.15, 0.2) is 0 Å². The Morgan fingerprint density at radius 2 is 1.94 bits per heavy atom. The molecular weight excluding hydrogens is 268 g/mol. The molecule has 0 N–H and O–H groups in total. The quantitative estimate of drug-likeness (QED) is 0.855. The summed E-state index contributed by atoms with van der Waals surface area (Å²) in [7, 11) is -3.65. The average Bonchev–Trinajstić information content (AvgIpc) is 2.76. The van der Waals surface area contributed by atoms with Gasteiger partial charge in [0.1, 0.15) is 0 Å². The van der Waals surface area contributed by atoms with Gasteiger partial charge in [-0.2, -0.15) is 8.42 Å². The smallest absolute Gasteiger partial charge is 0.229 e. The highest BCUT2D eigenvalue weighted by Gasteiger charge is 2.18. The highest BCUT2D eigenvalue weighted by atomic mass is 32.2. The number of aryl methyl sites for hydroxylation is 1. The molecule has 1 heterocycles. The normalized spacial score (nSPS) is 17.7. The molecule has 1 radical (unpaired) electrons. The van der Waals surface area contributed by atoms with Crippen LogP contribution in [0.2, 0.25) is 0 Å². The largest absolute Gasteiger partial charge is 0.284 e. The summed E-state index contributed by atoms with van der Waals surface area (Å²) in [6, 6.07) is 6.62. The lowest BCUT2D eigenvalue weighted by molar-refractivity contribution is 0.598. The van der Waals surface area contributed by atoms with Gasteiger partial charge in [0.2, 0.25) is 5.17 Å². The lowest BCUT2D eigenvalue weighted by atomic mass is 10.2. The minimum atomic E-state index is -3.65. The Hall–Kier alpha value is -1.27. The van der Waals surface area contributed by atoms with Crippen LogP contribution in [0.3, 0.4) is 0 Å². The number of amidine groups is 1. The molecule has 2 rings (SSSR count). The Morgan fingerprint density at radius 1 is 1.28 bits per heavy atom.